The average Bonchev–Trinajstić information content (AvgIpc) is 2.73. The first-order valence-electron chi connectivity index (χ1n) is 10.0. The van der Waals surface area contributed by atoms with Crippen molar-refractivity contribution in [2.75, 3.05) is 26.2 Å². The van der Waals surface area contributed by atoms with E-state index in [1.54, 1.807) is 12.1 Å². The number of piperidine rings is 1. The first-order chi connectivity index (χ1) is 14.8. The first-order valence-corrected chi connectivity index (χ1v) is 11.8. The number of nitrogens with zero attached hydrogens (tertiary/aromatic N) is 2. The lowest BCUT2D eigenvalue weighted by atomic mass is 9.85. The molecule has 2 N–H and O–H groups in total. The highest BCUT2D eigenvalue weighted by atomic mass is 35.5. The van der Waals surface area contributed by atoms with Crippen LogP contribution in [0.3, 0.4) is 0 Å². The van der Waals surface area contributed by atoms with Crippen LogP contribution >= 0.6 is 11.6 Å². The molecule has 10 heteroatoms. The van der Waals surface area contributed by atoms with Gasteiger partial charge in [-0.05, 0) is 54.8 Å². The van der Waals surface area contributed by atoms with Crippen LogP contribution in [0.1, 0.15) is 18.4 Å². The van der Waals surface area contributed by atoms with E-state index in [1.165, 1.54) is 28.6 Å². The maximum atomic E-state index is 13.5. The third-order valence-electron chi connectivity index (χ3n) is 5.71. The predicted octanol–water partition coefficient (Wildman–Crippen LogP) is 2.93. The second-order valence-corrected chi connectivity index (χ2v) is 10.1. The summed E-state index contributed by atoms with van der Waals surface area (Å²) in [5, 5.41) is 7.18. The number of amidine groups is 1. The van der Waals surface area contributed by atoms with E-state index in [1.807, 2.05) is 0 Å². The second kappa shape index (κ2) is 8.82. The highest BCUT2D eigenvalue weighted by Crippen LogP contribution is 2.29. The van der Waals surface area contributed by atoms with E-state index in [9.17, 15) is 17.2 Å². The zero-order valence-electron chi connectivity index (χ0n) is 16.7. The van der Waals surface area contributed by atoms with Crippen LogP contribution in [0.5, 0.6) is 0 Å². The standard InChI is InChI=1S/C21H23ClF2N4O2S/c22-16-1-3-19(4-2-16)31(29,30)28-9-5-21(6-10-28)20(25-7-8-27-21)26-14-15-11-17(23)13-18(24)12-15/h1-4,11-13,27H,5-10,14H2,(H,25,26). The van der Waals surface area contributed by atoms with E-state index in [0.717, 1.165) is 6.07 Å². The van der Waals surface area contributed by atoms with Crippen molar-refractivity contribution in [3.8, 4) is 0 Å². The van der Waals surface area contributed by atoms with E-state index in [4.69, 9.17) is 11.6 Å². The molecule has 2 heterocycles. The zero-order chi connectivity index (χ0) is 22.1. The topological polar surface area (TPSA) is 73.8 Å². The van der Waals surface area contributed by atoms with Crippen LogP contribution in [0.2, 0.25) is 5.02 Å². The quantitative estimate of drug-likeness (QED) is 0.723. The largest absolute Gasteiger partial charge is 0.368 e. The third-order valence-corrected chi connectivity index (χ3v) is 7.87. The van der Waals surface area contributed by atoms with E-state index in [0.29, 0.717) is 55.4 Å². The summed E-state index contributed by atoms with van der Waals surface area (Å²) in [7, 11) is -3.61. The number of halogens is 3. The molecule has 1 fully saturated rings. The van der Waals surface area contributed by atoms with Crippen LogP contribution in [0.15, 0.2) is 52.4 Å². The lowest BCUT2D eigenvalue weighted by Crippen LogP contribution is -2.64. The molecule has 1 saturated heterocycles. The minimum Gasteiger partial charge on any atom is -0.368 e. The third kappa shape index (κ3) is 4.74. The molecule has 4 rings (SSSR count). The van der Waals surface area contributed by atoms with Gasteiger partial charge in [0.05, 0.1) is 17.0 Å². The molecule has 2 aromatic carbocycles. The van der Waals surface area contributed by atoms with Crippen molar-refractivity contribution in [2.24, 2.45) is 4.99 Å². The maximum Gasteiger partial charge on any atom is 0.243 e. The van der Waals surface area contributed by atoms with Crippen molar-refractivity contribution in [3.63, 3.8) is 0 Å². The average molecular weight is 469 g/mol. The second-order valence-electron chi connectivity index (χ2n) is 7.73. The summed E-state index contributed by atoms with van der Waals surface area (Å²) < 4.78 is 54.4. The highest BCUT2D eigenvalue weighted by molar-refractivity contribution is 7.89. The van der Waals surface area contributed by atoms with Gasteiger partial charge in [-0.1, -0.05) is 11.6 Å². The Bertz CT molecular complexity index is 1060. The molecule has 0 unspecified atom stereocenters. The van der Waals surface area contributed by atoms with Crippen molar-refractivity contribution in [1.82, 2.24) is 14.9 Å². The van der Waals surface area contributed by atoms with Gasteiger partial charge in [-0.25, -0.2) is 17.2 Å². The Kier molecular flexibility index (Phi) is 6.30. The van der Waals surface area contributed by atoms with Gasteiger partial charge in [-0.15, -0.1) is 0 Å². The smallest absolute Gasteiger partial charge is 0.243 e. The summed E-state index contributed by atoms with van der Waals surface area (Å²) in [6.07, 6.45) is 1.06. The van der Waals surface area contributed by atoms with Crippen LogP contribution in [-0.4, -0.2) is 50.3 Å². The molecule has 0 bridgehead atoms. The van der Waals surface area contributed by atoms with Gasteiger partial charge in [-0.3, -0.25) is 4.99 Å². The number of rotatable bonds is 4. The SMILES string of the molecule is O=S(=O)(c1ccc(Cl)cc1)N1CCC2(CC1)NCCN=C2NCc1cc(F)cc(F)c1. The van der Waals surface area contributed by atoms with Gasteiger partial charge in [-0.2, -0.15) is 4.31 Å². The van der Waals surface area contributed by atoms with Crippen LogP contribution in [0, 0.1) is 11.6 Å². The molecule has 0 aromatic heterocycles. The molecule has 31 heavy (non-hydrogen) atoms. The Balaban J connectivity index is 1.46. The van der Waals surface area contributed by atoms with Crippen molar-refractivity contribution in [3.05, 3.63) is 64.7 Å². The number of hydrogen-bond donors (Lipinski definition) is 2. The molecule has 2 aliphatic rings. The number of hydrogen-bond acceptors (Lipinski definition) is 5. The van der Waals surface area contributed by atoms with E-state index in [-0.39, 0.29) is 11.4 Å². The molecule has 2 aromatic rings. The van der Waals surface area contributed by atoms with Crippen molar-refractivity contribution < 1.29 is 17.2 Å². The maximum absolute atomic E-state index is 13.5. The number of benzene rings is 2. The van der Waals surface area contributed by atoms with Crippen LogP contribution in [0.4, 0.5) is 8.78 Å². The van der Waals surface area contributed by atoms with E-state index < -0.39 is 27.2 Å². The number of sulfonamides is 1. The summed E-state index contributed by atoms with van der Waals surface area (Å²) in [6, 6.07) is 9.53. The van der Waals surface area contributed by atoms with Gasteiger partial charge < -0.3 is 10.6 Å². The molecule has 166 valence electrons. The number of nitrogens with one attached hydrogen (secondary N) is 2. The van der Waals surface area contributed by atoms with Crippen molar-refractivity contribution >= 4 is 27.5 Å². The molecule has 0 atom stereocenters. The lowest BCUT2D eigenvalue weighted by Gasteiger charge is -2.44. The van der Waals surface area contributed by atoms with Crippen LogP contribution < -0.4 is 10.6 Å². The Morgan fingerprint density at radius 3 is 2.39 bits per heavy atom. The van der Waals surface area contributed by atoms with Gasteiger partial charge in [0.1, 0.15) is 17.5 Å². The fourth-order valence-corrected chi connectivity index (χ4v) is 5.67. The lowest BCUT2D eigenvalue weighted by molar-refractivity contribution is 0.241. The fraction of sp³-hybridized carbons (Fsp3) is 0.381. The van der Waals surface area contributed by atoms with Crippen molar-refractivity contribution in [1.29, 1.82) is 0 Å². The monoisotopic (exact) mass is 468 g/mol. The van der Waals surface area contributed by atoms with Gasteiger partial charge in [0.25, 0.3) is 0 Å². The van der Waals surface area contributed by atoms with Crippen LogP contribution in [-0.2, 0) is 16.6 Å². The summed E-state index contributed by atoms with van der Waals surface area (Å²) in [4.78, 5) is 4.81. The van der Waals surface area contributed by atoms with Gasteiger partial charge in [0, 0.05) is 37.3 Å². The number of aliphatic imine (C=N–C) groups is 1. The molecule has 6 nitrogen and oxygen atoms in total. The van der Waals surface area contributed by atoms with Crippen molar-refractivity contribution in [2.45, 2.75) is 29.8 Å². The zero-order valence-corrected chi connectivity index (χ0v) is 18.3. The summed E-state index contributed by atoms with van der Waals surface area (Å²) in [5.74, 6) is -0.557. The predicted molar refractivity (Wildman–Crippen MR) is 116 cm³/mol. The molecule has 0 saturated carbocycles. The molecule has 0 radical (unpaired) electrons. The van der Waals surface area contributed by atoms with E-state index in [2.05, 4.69) is 15.6 Å². The summed E-state index contributed by atoms with van der Waals surface area (Å²) in [6.45, 7) is 2.14. The molecule has 2 aliphatic heterocycles. The molecular weight excluding hydrogens is 446 g/mol. The highest BCUT2D eigenvalue weighted by Gasteiger charge is 2.43. The molecular formula is C21H23ClF2N4O2S. The molecule has 0 amide bonds. The fourth-order valence-electron chi connectivity index (χ4n) is 4.10. The minimum absolute atomic E-state index is 0.213. The van der Waals surface area contributed by atoms with E-state index >= 15 is 0 Å². The van der Waals surface area contributed by atoms with Crippen LogP contribution in [0.25, 0.3) is 0 Å². The Morgan fingerprint density at radius 1 is 1.10 bits per heavy atom. The molecule has 0 aliphatic carbocycles. The summed E-state index contributed by atoms with van der Waals surface area (Å²) >= 11 is 5.87. The van der Waals surface area contributed by atoms with Gasteiger partial charge in [0.2, 0.25) is 10.0 Å². The summed E-state index contributed by atoms with van der Waals surface area (Å²) in [5.41, 5.74) is -0.0143. The van der Waals surface area contributed by atoms with Gasteiger partial charge in [0.15, 0.2) is 0 Å². The molecule has 1 spiro atoms. The van der Waals surface area contributed by atoms with Gasteiger partial charge >= 0.3 is 0 Å². The first kappa shape index (κ1) is 22.1. The normalized spacial score (nSPS) is 19.3. The Hall–Kier alpha value is -2.07. The Labute approximate surface area is 185 Å². The Morgan fingerprint density at radius 2 is 1.74 bits per heavy atom. The minimum atomic E-state index is -3.61.